The van der Waals surface area contributed by atoms with Gasteiger partial charge in [-0.15, -0.1) is 0 Å². The predicted octanol–water partition coefficient (Wildman–Crippen LogP) is 1.07. The maximum absolute atomic E-state index is 13.3. The smallest absolute Gasteiger partial charge is 0.226 e. The van der Waals surface area contributed by atoms with Crippen LogP contribution in [0.5, 0.6) is 5.75 Å². The van der Waals surface area contributed by atoms with Crippen molar-refractivity contribution in [3.63, 3.8) is 0 Å². The molecule has 1 unspecified atom stereocenters. The maximum atomic E-state index is 13.3. The molecule has 6 heteroatoms. The number of halogens is 2. The summed E-state index contributed by atoms with van der Waals surface area (Å²) < 4.78 is 31.2. The third-order valence-corrected chi connectivity index (χ3v) is 2.92. The normalized spacial score (nSPS) is 16.6. The number of benzene rings is 1. The van der Waals surface area contributed by atoms with E-state index in [1.165, 1.54) is 6.07 Å². The highest BCUT2D eigenvalue weighted by Crippen LogP contribution is 2.17. The van der Waals surface area contributed by atoms with Gasteiger partial charge in [0, 0.05) is 19.2 Å². The van der Waals surface area contributed by atoms with Crippen LogP contribution in [0, 0.1) is 17.6 Å². The molecule has 0 spiro atoms. The van der Waals surface area contributed by atoms with Gasteiger partial charge in [-0.25, -0.2) is 8.78 Å². The second-order valence-electron chi connectivity index (χ2n) is 4.65. The zero-order valence-corrected chi connectivity index (χ0v) is 10.6. The van der Waals surface area contributed by atoms with Crippen molar-refractivity contribution in [2.75, 3.05) is 19.7 Å². The number of carbonyl (C=O) groups excluding carboxylic acids is 1. The van der Waals surface area contributed by atoms with Crippen LogP contribution < -0.4 is 15.4 Å². The van der Waals surface area contributed by atoms with E-state index in [2.05, 4.69) is 10.6 Å². The van der Waals surface area contributed by atoms with Gasteiger partial charge in [-0.3, -0.25) is 4.79 Å². The Balaban J connectivity index is 1.79. The quantitative estimate of drug-likeness (QED) is 0.841. The fourth-order valence-electron chi connectivity index (χ4n) is 1.68. The van der Waals surface area contributed by atoms with E-state index in [1.54, 1.807) is 6.92 Å². The third kappa shape index (κ3) is 3.64. The van der Waals surface area contributed by atoms with E-state index in [1.807, 2.05) is 0 Å². The lowest BCUT2D eigenvalue weighted by Gasteiger charge is -2.27. The molecule has 0 aromatic heterocycles. The summed E-state index contributed by atoms with van der Waals surface area (Å²) in [5.41, 5.74) is 0. The highest BCUT2D eigenvalue weighted by atomic mass is 19.1. The van der Waals surface area contributed by atoms with Crippen LogP contribution in [0.3, 0.4) is 0 Å². The van der Waals surface area contributed by atoms with E-state index in [9.17, 15) is 13.6 Å². The molecule has 0 saturated carbocycles. The van der Waals surface area contributed by atoms with E-state index >= 15 is 0 Å². The second-order valence-corrected chi connectivity index (χ2v) is 4.65. The second kappa shape index (κ2) is 5.97. The Hall–Kier alpha value is -1.69. The number of nitrogens with one attached hydrogen (secondary N) is 2. The standard InChI is InChI=1S/C13H16F2N2O2/c1-8(17-13(18)9-5-16-6-9)7-19-12-3-2-10(14)4-11(12)15/h2-4,8-9,16H,5-7H2,1H3,(H,17,18). The lowest BCUT2D eigenvalue weighted by Crippen LogP contribution is -2.53. The number of ether oxygens (including phenoxy) is 1. The molecular formula is C13H16F2N2O2. The summed E-state index contributed by atoms with van der Waals surface area (Å²) in [4.78, 5) is 11.6. The van der Waals surface area contributed by atoms with E-state index in [-0.39, 0.29) is 30.2 Å². The Kier molecular flexibility index (Phi) is 4.31. The highest BCUT2D eigenvalue weighted by molar-refractivity contribution is 5.80. The Morgan fingerprint density at radius 2 is 2.26 bits per heavy atom. The topological polar surface area (TPSA) is 50.4 Å². The van der Waals surface area contributed by atoms with Crippen molar-refractivity contribution in [3.8, 4) is 5.75 Å². The average Bonchev–Trinajstić information content (AvgIpc) is 2.25. The monoisotopic (exact) mass is 270 g/mol. The Bertz CT molecular complexity index is 464. The summed E-state index contributed by atoms with van der Waals surface area (Å²) in [6.07, 6.45) is 0. The molecule has 19 heavy (non-hydrogen) atoms. The van der Waals surface area contributed by atoms with Gasteiger partial charge in [0.05, 0.1) is 12.0 Å². The molecule has 2 N–H and O–H groups in total. The lowest BCUT2D eigenvalue weighted by atomic mass is 10.0. The zero-order chi connectivity index (χ0) is 13.8. The van der Waals surface area contributed by atoms with Crippen LogP contribution >= 0.6 is 0 Å². The van der Waals surface area contributed by atoms with Crippen LogP contribution in [-0.4, -0.2) is 31.6 Å². The first-order valence-electron chi connectivity index (χ1n) is 6.15. The molecule has 1 heterocycles. The van der Waals surface area contributed by atoms with Gasteiger partial charge in [-0.2, -0.15) is 0 Å². The van der Waals surface area contributed by atoms with Gasteiger partial charge in [0.15, 0.2) is 11.6 Å². The van der Waals surface area contributed by atoms with Gasteiger partial charge >= 0.3 is 0 Å². The molecule has 2 rings (SSSR count). The highest BCUT2D eigenvalue weighted by Gasteiger charge is 2.25. The molecule has 0 bridgehead atoms. The lowest BCUT2D eigenvalue weighted by molar-refractivity contribution is -0.127. The van der Waals surface area contributed by atoms with Crippen LogP contribution in [0.1, 0.15) is 6.92 Å². The number of rotatable bonds is 5. The molecule has 0 radical (unpaired) electrons. The van der Waals surface area contributed by atoms with Crippen molar-refractivity contribution in [2.24, 2.45) is 5.92 Å². The molecule has 1 aromatic carbocycles. The van der Waals surface area contributed by atoms with Gasteiger partial charge in [0.25, 0.3) is 0 Å². The van der Waals surface area contributed by atoms with Gasteiger partial charge in [0.2, 0.25) is 5.91 Å². The van der Waals surface area contributed by atoms with Crippen molar-refractivity contribution in [2.45, 2.75) is 13.0 Å². The molecule has 104 valence electrons. The fraction of sp³-hybridized carbons (Fsp3) is 0.462. The molecule has 1 aliphatic rings. The molecule has 0 aliphatic carbocycles. The molecular weight excluding hydrogens is 254 g/mol. The van der Waals surface area contributed by atoms with E-state index in [0.29, 0.717) is 13.1 Å². The number of hydrogen-bond donors (Lipinski definition) is 2. The summed E-state index contributed by atoms with van der Waals surface area (Å²) in [6, 6.07) is 2.88. The van der Waals surface area contributed by atoms with Crippen molar-refractivity contribution in [1.29, 1.82) is 0 Å². The molecule has 1 atom stereocenters. The minimum atomic E-state index is -0.748. The van der Waals surface area contributed by atoms with Gasteiger partial charge in [0.1, 0.15) is 12.4 Å². The van der Waals surface area contributed by atoms with Crippen molar-refractivity contribution >= 4 is 5.91 Å². The van der Waals surface area contributed by atoms with E-state index in [0.717, 1.165) is 12.1 Å². The minimum absolute atomic E-state index is 0.00464. The maximum Gasteiger partial charge on any atom is 0.226 e. The molecule has 1 aromatic rings. The fourth-order valence-corrected chi connectivity index (χ4v) is 1.68. The number of amides is 1. The number of carbonyl (C=O) groups is 1. The Labute approximate surface area is 110 Å². The van der Waals surface area contributed by atoms with Crippen LogP contribution in [0.4, 0.5) is 8.78 Å². The molecule has 1 saturated heterocycles. The first kappa shape index (κ1) is 13.7. The van der Waals surface area contributed by atoms with E-state index in [4.69, 9.17) is 4.74 Å². The van der Waals surface area contributed by atoms with Gasteiger partial charge < -0.3 is 15.4 Å². The molecule has 1 amide bonds. The number of hydrogen-bond acceptors (Lipinski definition) is 3. The van der Waals surface area contributed by atoms with Crippen molar-refractivity contribution < 1.29 is 18.3 Å². The van der Waals surface area contributed by atoms with Gasteiger partial charge in [-0.1, -0.05) is 0 Å². The van der Waals surface area contributed by atoms with Crippen LogP contribution in [0.15, 0.2) is 18.2 Å². The summed E-state index contributed by atoms with van der Waals surface area (Å²) in [7, 11) is 0. The minimum Gasteiger partial charge on any atom is -0.488 e. The first-order valence-corrected chi connectivity index (χ1v) is 6.15. The van der Waals surface area contributed by atoms with Crippen LogP contribution in [-0.2, 0) is 4.79 Å². The predicted molar refractivity (Wildman–Crippen MR) is 65.8 cm³/mol. The Morgan fingerprint density at radius 3 is 2.84 bits per heavy atom. The molecule has 1 fully saturated rings. The molecule has 4 nitrogen and oxygen atoms in total. The largest absolute Gasteiger partial charge is 0.488 e. The third-order valence-electron chi connectivity index (χ3n) is 2.92. The summed E-state index contributed by atoms with van der Waals surface area (Å²) >= 11 is 0. The Morgan fingerprint density at radius 1 is 1.53 bits per heavy atom. The SMILES string of the molecule is CC(COc1ccc(F)cc1F)NC(=O)C1CNC1. The summed E-state index contributed by atoms with van der Waals surface area (Å²) in [5.74, 6) is -1.45. The van der Waals surface area contributed by atoms with Crippen molar-refractivity contribution in [3.05, 3.63) is 29.8 Å². The summed E-state index contributed by atoms with van der Waals surface area (Å²) in [5, 5.41) is 5.79. The van der Waals surface area contributed by atoms with Gasteiger partial charge in [-0.05, 0) is 19.1 Å². The zero-order valence-electron chi connectivity index (χ0n) is 10.6. The summed E-state index contributed by atoms with van der Waals surface area (Å²) in [6.45, 7) is 3.28. The van der Waals surface area contributed by atoms with Crippen LogP contribution in [0.2, 0.25) is 0 Å². The van der Waals surface area contributed by atoms with Crippen molar-refractivity contribution in [1.82, 2.24) is 10.6 Å². The first-order chi connectivity index (χ1) is 9.06. The average molecular weight is 270 g/mol. The molecule has 1 aliphatic heterocycles. The van der Waals surface area contributed by atoms with Crippen LogP contribution in [0.25, 0.3) is 0 Å². The van der Waals surface area contributed by atoms with E-state index < -0.39 is 11.6 Å².